The van der Waals surface area contributed by atoms with Crippen molar-refractivity contribution in [3.63, 3.8) is 0 Å². The molecule has 0 atom stereocenters. The molecule has 0 spiro atoms. The van der Waals surface area contributed by atoms with Crippen LogP contribution in [-0.2, 0) is 11.2 Å². The first-order chi connectivity index (χ1) is 10.5. The number of nitrogens with one attached hydrogen (secondary N) is 1. The molecule has 0 aliphatic heterocycles. The number of carbonyl (C=O) groups excluding carboxylic acids is 2. The number of carbonyl (C=O) groups is 2. The van der Waals surface area contributed by atoms with Gasteiger partial charge in [-0.25, -0.2) is 4.79 Å². The molecule has 0 bridgehead atoms. The fraction of sp³-hybridized carbons (Fsp3) is 0.294. The fourth-order valence-corrected chi connectivity index (χ4v) is 3.12. The molecular weight excluding hydrogens is 298 g/mol. The predicted octanol–water partition coefficient (Wildman–Crippen LogP) is 4.05. The molecule has 0 unspecified atom stereocenters. The van der Waals surface area contributed by atoms with E-state index in [-0.39, 0.29) is 5.91 Å². The lowest BCUT2D eigenvalue weighted by Crippen LogP contribution is -2.10. The molecule has 1 amide bonds. The summed E-state index contributed by atoms with van der Waals surface area (Å²) in [5, 5.41) is 2.84. The van der Waals surface area contributed by atoms with Crippen molar-refractivity contribution in [3.05, 3.63) is 51.2 Å². The van der Waals surface area contributed by atoms with Crippen LogP contribution in [0.4, 0.5) is 5.69 Å². The number of anilines is 1. The van der Waals surface area contributed by atoms with Gasteiger partial charge in [0.25, 0.3) is 5.91 Å². The van der Waals surface area contributed by atoms with Crippen molar-refractivity contribution >= 4 is 28.9 Å². The van der Waals surface area contributed by atoms with Crippen LogP contribution in [0.25, 0.3) is 0 Å². The molecule has 0 saturated carbocycles. The standard InChI is InChI=1S/C17H19NO3S/c1-4-5-13-10-15(22-11(13)2)16(19)18-14-8-6-12(7-9-14)17(20)21-3/h6-10H,4-5H2,1-3H3,(H,18,19). The number of thiophene rings is 1. The highest BCUT2D eigenvalue weighted by molar-refractivity contribution is 7.14. The highest BCUT2D eigenvalue weighted by atomic mass is 32.1. The number of ether oxygens (including phenoxy) is 1. The van der Waals surface area contributed by atoms with Gasteiger partial charge in [0.15, 0.2) is 0 Å². The predicted molar refractivity (Wildman–Crippen MR) is 88.8 cm³/mol. The lowest BCUT2D eigenvalue weighted by atomic mass is 10.1. The van der Waals surface area contributed by atoms with Crippen molar-refractivity contribution in [2.24, 2.45) is 0 Å². The maximum Gasteiger partial charge on any atom is 0.337 e. The summed E-state index contributed by atoms with van der Waals surface area (Å²) in [6.07, 6.45) is 2.05. The lowest BCUT2D eigenvalue weighted by Gasteiger charge is -2.04. The van der Waals surface area contributed by atoms with E-state index in [1.807, 2.05) is 13.0 Å². The molecular formula is C17H19NO3S. The van der Waals surface area contributed by atoms with Crippen LogP contribution < -0.4 is 5.32 Å². The van der Waals surface area contributed by atoms with Crippen LogP contribution in [0.3, 0.4) is 0 Å². The van der Waals surface area contributed by atoms with Gasteiger partial charge in [-0.15, -0.1) is 11.3 Å². The van der Waals surface area contributed by atoms with Crippen LogP contribution in [-0.4, -0.2) is 19.0 Å². The van der Waals surface area contributed by atoms with Crippen molar-refractivity contribution in [1.29, 1.82) is 0 Å². The van der Waals surface area contributed by atoms with Gasteiger partial charge < -0.3 is 10.1 Å². The molecule has 5 heteroatoms. The van der Waals surface area contributed by atoms with Crippen LogP contribution in [0.15, 0.2) is 30.3 Å². The summed E-state index contributed by atoms with van der Waals surface area (Å²) in [5.74, 6) is -0.516. The quantitative estimate of drug-likeness (QED) is 0.847. The maximum atomic E-state index is 12.3. The van der Waals surface area contributed by atoms with Crippen LogP contribution in [0, 0.1) is 6.92 Å². The molecule has 22 heavy (non-hydrogen) atoms. The molecule has 1 aromatic heterocycles. The summed E-state index contributed by atoms with van der Waals surface area (Å²) < 4.78 is 4.64. The van der Waals surface area contributed by atoms with Crippen molar-refractivity contribution in [3.8, 4) is 0 Å². The summed E-state index contributed by atoms with van der Waals surface area (Å²) in [7, 11) is 1.34. The van der Waals surface area contributed by atoms with Gasteiger partial charge in [0.1, 0.15) is 0 Å². The molecule has 2 rings (SSSR count). The molecule has 1 aromatic carbocycles. The molecule has 0 aliphatic rings. The topological polar surface area (TPSA) is 55.4 Å². The third kappa shape index (κ3) is 3.74. The Morgan fingerprint density at radius 2 is 1.91 bits per heavy atom. The second kappa shape index (κ2) is 7.22. The van der Waals surface area contributed by atoms with Gasteiger partial charge in [-0.1, -0.05) is 13.3 Å². The number of hydrogen-bond donors (Lipinski definition) is 1. The first kappa shape index (κ1) is 16.2. The van der Waals surface area contributed by atoms with Gasteiger partial charge in [-0.05, 0) is 49.2 Å². The van der Waals surface area contributed by atoms with E-state index in [0.717, 1.165) is 12.8 Å². The summed E-state index contributed by atoms with van der Waals surface area (Å²) in [5.41, 5.74) is 2.34. The van der Waals surface area contributed by atoms with Crippen molar-refractivity contribution in [2.75, 3.05) is 12.4 Å². The number of esters is 1. The van der Waals surface area contributed by atoms with E-state index in [0.29, 0.717) is 16.1 Å². The highest BCUT2D eigenvalue weighted by Gasteiger charge is 2.13. The average molecular weight is 317 g/mol. The maximum absolute atomic E-state index is 12.3. The Labute approximate surface area is 134 Å². The van der Waals surface area contributed by atoms with Gasteiger partial charge in [0.2, 0.25) is 0 Å². The van der Waals surface area contributed by atoms with Crippen molar-refractivity contribution in [2.45, 2.75) is 26.7 Å². The third-order valence-electron chi connectivity index (χ3n) is 3.33. The minimum atomic E-state index is -0.393. The monoisotopic (exact) mass is 317 g/mol. The van der Waals surface area contributed by atoms with Crippen LogP contribution in [0.1, 0.15) is 43.8 Å². The first-order valence-electron chi connectivity index (χ1n) is 7.14. The Morgan fingerprint density at radius 1 is 1.23 bits per heavy atom. The van der Waals surface area contributed by atoms with Gasteiger partial charge in [-0.2, -0.15) is 0 Å². The number of methoxy groups -OCH3 is 1. The molecule has 0 radical (unpaired) electrons. The van der Waals surface area contributed by atoms with Gasteiger partial charge in [-0.3, -0.25) is 4.79 Å². The van der Waals surface area contributed by atoms with E-state index in [1.165, 1.54) is 28.9 Å². The summed E-state index contributed by atoms with van der Waals surface area (Å²) in [4.78, 5) is 25.5. The van der Waals surface area contributed by atoms with Crippen molar-refractivity contribution in [1.82, 2.24) is 0 Å². The SMILES string of the molecule is CCCc1cc(C(=O)Nc2ccc(C(=O)OC)cc2)sc1C. The highest BCUT2D eigenvalue weighted by Crippen LogP contribution is 2.24. The number of rotatable bonds is 5. The number of aryl methyl sites for hydroxylation is 2. The van der Waals surface area contributed by atoms with Crippen LogP contribution in [0.2, 0.25) is 0 Å². The Morgan fingerprint density at radius 3 is 2.50 bits per heavy atom. The van der Waals surface area contributed by atoms with Crippen molar-refractivity contribution < 1.29 is 14.3 Å². The molecule has 2 aromatic rings. The smallest absolute Gasteiger partial charge is 0.337 e. The van der Waals surface area contributed by atoms with E-state index >= 15 is 0 Å². The Hall–Kier alpha value is -2.14. The van der Waals surface area contributed by atoms with E-state index in [2.05, 4.69) is 17.0 Å². The number of hydrogen-bond acceptors (Lipinski definition) is 4. The summed E-state index contributed by atoms with van der Waals surface area (Å²) in [6, 6.07) is 8.60. The fourth-order valence-electron chi connectivity index (χ4n) is 2.15. The lowest BCUT2D eigenvalue weighted by molar-refractivity contribution is 0.0600. The molecule has 0 fully saturated rings. The Balaban J connectivity index is 2.08. The normalized spacial score (nSPS) is 10.3. The number of benzene rings is 1. The first-order valence-corrected chi connectivity index (χ1v) is 7.95. The van der Waals surface area contributed by atoms with Crippen LogP contribution >= 0.6 is 11.3 Å². The zero-order valence-corrected chi connectivity index (χ0v) is 13.8. The largest absolute Gasteiger partial charge is 0.465 e. The molecule has 1 N–H and O–H groups in total. The number of amides is 1. The Bertz CT molecular complexity index is 674. The molecule has 0 aliphatic carbocycles. The second-order valence-corrected chi connectivity index (χ2v) is 6.22. The van der Waals surface area contributed by atoms with E-state index in [9.17, 15) is 9.59 Å². The molecule has 0 saturated heterocycles. The van der Waals surface area contributed by atoms with Crippen LogP contribution in [0.5, 0.6) is 0 Å². The minimum absolute atomic E-state index is 0.124. The van der Waals surface area contributed by atoms with Gasteiger partial charge in [0.05, 0.1) is 17.6 Å². The van der Waals surface area contributed by atoms with E-state index in [4.69, 9.17) is 0 Å². The summed E-state index contributed by atoms with van der Waals surface area (Å²) in [6.45, 7) is 4.16. The zero-order valence-electron chi connectivity index (χ0n) is 12.9. The van der Waals surface area contributed by atoms with E-state index in [1.54, 1.807) is 24.3 Å². The summed E-state index contributed by atoms with van der Waals surface area (Å²) >= 11 is 1.51. The van der Waals surface area contributed by atoms with Gasteiger partial charge >= 0.3 is 5.97 Å². The second-order valence-electron chi connectivity index (χ2n) is 4.97. The average Bonchev–Trinajstić information content (AvgIpc) is 2.89. The Kier molecular flexibility index (Phi) is 5.33. The zero-order chi connectivity index (χ0) is 16.1. The third-order valence-corrected chi connectivity index (χ3v) is 4.42. The van der Waals surface area contributed by atoms with E-state index < -0.39 is 5.97 Å². The molecule has 116 valence electrons. The minimum Gasteiger partial charge on any atom is -0.465 e. The molecule has 4 nitrogen and oxygen atoms in total. The van der Waals surface area contributed by atoms with Gasteiger partial charge in [0, 0.05) is 10.6 Å². The molecule has 1 heterocycles.